The zero-order valence-corrected chi connectivity index (χ0v) is 16.6. The third kappa shape index (κ3) is 5.04. The first-order chi connectivity index (χ1) is 14.1. The Morgan fingerprint density at radius 1 is 1.21 bits per heavy atom. The SMILES string of the molecule is Cc1cnc(F)c(CNc2cc(OCC[C@H]3C[C@@H]3c3ccccn3)nc(C)n2)c1.[HH]. The molecule has 2 atom stereocenters. The van der Waals surface area contributed by atoms with Crippen LogP contribution in [0.15, 0.2) is 42.7 Å². The monoisotopic (exact) mass is 395 g/mol. The molecule has 152 valence electrons. The van der Waals surface area contributed by atoms with Gasteiger partial charge in [0.1, 0.15) is 11.6 Å². The molecule has 3 heterocycles. The van der Waals surface area contributed by atoms with Gasteiger partial charge >= 0.3 is 0 Å². The number of halogens is 1. The molecule has 3 aromatic heterocycles. The molecule has 0 amide bonds. The van der Waals surface area contributed by atoms with E-state index in [1.807, 2.05) is 32.2 Å². The molecule has 0 spiro atoms. The highest BCUT2D eigenvalue weighted by Gasteiger charge is 2.38. The molecular formula is C22H26FN5O. The molecule has 0 saturated heterocycles. The summed E-state index contributed by atoms with van der Waals surface area (Å²) in [5.74, 6) is 2.41. The molecule has 0 bridgehead atoms. The van der Waals surface area contributed by atoms with E-state index in [9.17, 15) is 4.39 Å². The first-order valence-corrected chi connectivity index (χ1v) is 9.83. The number of nitrogens with one attached hydrogen (secondary N) is 1. The Hall–Kier alpha value is -3.09. The Morgan fingerprint density at radius 2 is 2.10 bits per heavy atom. The third-order valence-electron chi connectivity index (χ3n) is 5.05. The second-order valence-corrected chi connectivity index (χ2v) is 7.45. The number of hydrogen-bond donors (Lipinski definition) is 1. The van der Waals surface area contributed by atoms with Crippen LogP contribution in [0.2, 0.25) is 0 Å². The summed E-state index contributed by atoms with van der Waals surface area (Å²) < 4.78 is 19.7. The second kappa shape index (κ2) is 8.51. The van der Waals surface area contributed by atoms with Gasteiger partial charge in [-0.2, -0.15) is 9.37 Å². The Balaban J connectivity index is 0.00000256. The minimum atomic E-state index is -0.475. The number of rotatable bonds is 8. The van der Waals surface area contributed by atoms with E-state index in [4.69, 9.17) is 4.74 Å². The Kier molecular flexibility index (Phi) is 5.64. The van der Waals surface area contributed by atoms with E-state index < -0.39 is 5.95 Å². The Bertz CT molecular complexity index is 989. The van der Waals surface area contributed by atoms with Crippen LogP contribution in [-0.4, -0.2) is 26.5 Å². The van der Waals surface area contributed by atoms with Crippen LogP contribution >= 0.6 is 0 Å². The Labute approximate surface area is 171 Å². The number of anilines is 1. The molecule has 6 nitrogen and oxygen atoms in total. The van der Waals surface area contributed by atoms with Crippen molar-refractivity contribution < 1.29 is 10.6 Å². The lowest BCUT2D eigenvalue weighted by atomic mass is 10.2. The summed E-state index contributed by atoms with van der Waals surface area (Å²) in [6.45, 7) is 4.59. The van der Waals surface area contributed by atoms with Crippen LogP contribution in [0.3, 0.4) is 0 Å². The summed E-state index contributed by atoms with van der Waals surface area (Å²) in [7, 11) is 0. The Morgan fingerprint density at radius 3 is 2.93 bits per heavy atom. The summed E-state index contributed by atoms with van der Waals surface area (Å²) in [4.78, 5) is 16.9. The van der Waals surface area contributed by atoms with Gasteiger partial charge in [-0.25, -0.2) is 9.97 Å². The molecule has 1 aliphatic rings. The van der Waals surface area contributed by atoms with E-state index in [1.165, 1.54) is 11.9 Å². The number of ether oxygens (including phenoxy) is 1. The highest BCUT2D eigenvalue weighted by Crippen LogP contribution is 2.48. The van der Waals surface area contributed by atoms with Gasteiger partial charge in [0.25, 0.3) is 0 Å². The number of nitrogens with zero attached hydrogens (tertiary/aromatic N) is 4. The van der Waals surface area contributed by atoms with Crippen LogP contribution in [-0.2, 0) is 6.54 Å². The molecular weight excluding hydrogens is 369 g/mol. The van der Waals surface area contributed by atoms with Crippen LogP contribution in [0.25, 0.3) is 0 Å². The van der Waals surface area contributed by atoms with Gasteiger partial charge in [-0.3, -0.25) is 4.98 Å². The minimum absolute atomic E-state index is 0. The summed E-state index contributed by atoms with van der Waals surface area (Å²) in [6.07, 6.45) is 5.48. The number of aryl methyl sites for hydroxylation is 2. The first kappa shape index (κ1) is 19.2. The highest BCUT2D eigenvalue weighted by atomic mass is 19.1. The van der Waals surface area contributed by atoms with Crippen molar-refractivity contribution in [3.63, 3.8) is 0 Å². The van der Waals surface area contributed by atoms with E-state index in [2.05, 4.69) is 31.3 Å². The molecule has 1 aliphatic carbocycles. The van der Waals surface area contributed by atoms with E-state index >= 15 is 0 Å². The summed E-state index contributed by atoms with van der Waals surface area (Å²) in [6, 6.07) is 9.58. The summed E-state index contributed by atoms with van der Waals surface area (Å²) in [5.41, 5.74) is 2.58. The van der Waals surface area contributed by atoms with Gasteiger partial charge in [0.2, 0.25) is 11.8 Å². The molecule has 4 rings (SSSR count). The largest absolute Gasteiger partial charge is 0.478 e. The summed E-state index contributed by atoms with van der Waals surface area (Å²) in [5, 5.41) is 3.13. The fraction of sp³-hybridized carbons (Fsp3) is 0.364. The predicted molar refractivity (Wildman–Crippen MR) is 110 cm³/mol. The zero-order chi connectivity index (χ0) is 20.2. The maximum absolute atomic E-state index is 13.8. The topological polar surface area (TPSA) is 72.8 Å². The van der Waals surface area contributed by atoms with Crippen LogP contribution in [0.1, 0.15) is 42.8 Å². The average molecular weight is 395 g/mol. The molecule has 1 fully saturated rings. The molecule has 0 aliphatic heterocycles. The number of hydrogen-bond acceptors (Lipinski definition) is 6. The fourth-order valence-electron chi connectivity index (χ4n) is 3.47. The van der Waals surface area contributed by atoms with Crippen LogP contribution in [0.5, 0.6) is 5.88 Å². The predicted octanol–water partition coefficient (Wildman–Crippen LogP) is 4.45. The van der Waals surface area contributed by atoms with Crippen molar-refractivity contribution in [1.29, 1.82) is 0 Å². The van der Waals surface area contributed by atoms with Crippen molar-refractivity contribution in [2.75, 3.05) is 11.9 Å². The lowest BCUT2D eigenvalue weighted by Crippen LogP contribution is -2.08. The van der Waals surface area contributed by atoms with Gasteiger partial charge in [0.15, 0.2) is 0 Å². The molecule has 1 N–H and O–H groups in total. The van der Waals surface area contributed by atoms with E-state index in [0.717, 1.165) is 18.4 Å². The molecule has 1 saturated carbocycles. The van der Waals surface area contributed by atoms with Crippen molar-refractivity contribution in [2.24, 2.45) is 5.92 Å². The number of pyridine rings is 2. The lowest BCUT2D eigenvalue weighted by Gasteiger charge is -2.10. The molecule has 0 unspecified atom stereocenters. The number of aromatic nitrogens is 4. The van der Waals surface area contributed by atoms with Crippen molar-refractivity contribution in [1.82, 2.24) is 19.9 Å². The van der Waals surface area contributed by atoms with Crippen LogP contribution in [0.4, 0.5) is 10.2 Å². The molecule has 0 radical (unpaired) electrons. The minimum Gasteiger partial charge on any atom is -0.478 e. The molecule has 7 heteroatoms. The third-order valence-corrected chi connectivity index (χ3v) is 5.05. The van der Waals surface area contributed by atoms with Gasteiger partial charge in [-0.15, -0.1) is 0 Å². The van der Waals surface area contributed by atoms with Crippen molar-refractivity contribution >= 4 is 5.82 Å². The maximum atomic E-state index is 13.8. The standard InChI is InChI=1S/C22H24FN5O.H2/c1-14-9-17(22(23)26-12-14)13-25-20-11-21(28-15(2)27-20)29-8-6-16-10-18(16)19-5-3-4-7-24-19;/h3-5,7,9,11-12,16,18H,6,8,10,13H2,1-2H3,(H,25,27,28);1H/t16-,18-;/m0./s1. The first-order valence-electron chi connectivity index (χ1n) is 9.83. The summed E-state index contributed by atoms with van der Waals surface area (Å²) >= 11 is 0. The van der Waals surface area contributed by atoms with Gasteiger partial charge in [0, 0.05) is 43.6 Å². The lowest BCUT2D eigenvalue weighted by molar-refractivity contribution is 0.289. The zero-order valence-electron chi connectivity index (χ0n) is 16.6. The fourth-order valence-corrected chi connectivity index (χ4v) is 3.47. The quantitative estimate of drug-likeness (QED) is 0.568. The molecule has 0 aromatic carbocycles. The van der Waals surface area contributed by atoms with Gasteiger partial charge in [-0.05, 0) is 56.4 Å². The van der Waals surface area contributed by atoms with E-state index in [0.29, 0.717) is 48.1 Å². The van der Waals surface area contributed by atoms with E-state index in [-0.39, 0.29) is 1.43 Å². The van der Waals surface area contributed by atoms with Crippen molar-refractivity contribution in [3.8, 4) is 5.88 Å². The van der Waals surface area contributed by atoms with Crippen molar-refractivity contribution in [3.05, 3.63) is 71.3 Å². The normalized spacial score (nSPS) is 17.8. The maximum Gasteiger partial charge on any atom is 0.218 e. The second-order valence-electron chi connectivity index (χ2n) is 7.45. The van der Waals surface area contributed by atoms with Crippen molar-refractivity contribution in [2.45, 2.75) is 39.2 Å². The van der Waals surface area contributed by atoms with Gasteiger partial charge in [-0.1, -0.05) is 6.07 Å². The van der Waals surface area contributed by atoms with E-state index in [1.54, 1.807) is 12.1 Å². The van der Waals surface area contributed by atoms with Gasteiger partial charge < -0.3 is 10.1 Å². The van der Waals surface area contributed by atoms with Gasteiger partial charge in [0.05, 0.1) is 6.61 Å². The highest BCUT2D eigenvalue weighted by molar-refractivity contribution is 5.39. The smallest absolute Gasteiger partial charge is 0.218 e. The van der Waals surface area contributed by atoms with Crippen LogP contribution in [0, 0.1) is 25.7 Å². The average Bonchev–Trinajstić information content (AvgIpc) is 3.49. The van der Waals surface area contributed by atoms with Crippen LogP contribution < -0.4 is 10.1 Å². The molecule has 29 heavy (non-hydrogen) atoms. The molecule has 3 aromatic rings.